The average molecular weight is 388 g/mol. The predicted octanol–water partition coefficient (Wildman–Crippen LogP) is 5.00. The number of rotatable bonds is 5. The first-order chi connectivity index (χ1) is 13.1. The maximum atomic E-state index is 12.5. The van der Waals surface area contributed by atoms with E-state index in [-0.39, 0.29) is 6.03 Å². The van der Waals surface area contributed by atoms with E-state index < -0.39 is 0 Å². The fourth-order valence-corrected chi connectivity index (χ4v) is 3.61. The molecule has 0 atom stereocenters. The smallest absolute Gasteiger partial charge is 0.321 e. The van der Waals surface area contributed by atoms with Crippen molar-refractivity contribution in [3.8, 4) is 5.75 Å². The Kier molecular flexibility index (Phi) is 6.45. The molecule has 1 heterocycles. The van der Waals surface area contributed by atoms with Gasteiger partial charge >= 0.3 is 6.03 Å². The highest BCUT2D eigenvalue weighted by Crippen LogP contribution is 2.31. The monoisotopic (exact) mass is 387 g/mol. The van der Waals surface area contributed by atoms with E-state index in [0.29, 0.717) is 17.3 Å². The molecule has 0 bridgehead atoms. The molecule has 2 aromatic rings. The number of hydrogen-bond acceptors (Lipinski definition) is 3. The second-order valence-electron chi connectivity index (χ2n) is 6.85. The summed E-state index contributed by atoms with van der Waals surface area (Å²) in [7, 11) is 3.39. The van der Waals surface area contributed by atoms with E-state index in [1.54, 1.807) is 19.1 Å². The van der Waals surface area contributed by atoms with Crippen LogP contribution in [-0.4, -0.2) is 38.2 Å². The van der Waals surface area contributed by atoms with Crippen molar-refractivity contribution in [1.82, 2.24) is 4.90 Å². The molecule has 0 saturated carbocycles. The molecule has 1 aliphatic rings. The number of nitrogens with one attached hydrogen (secondary N) is 1. The van der Waals surface area contributed by atoms with Crippen molar-refractivity contribution in [3.63, 3.8) is 0 Å². The fraction of sp³-hybridized carbons (Fsp3) is 0.381. The highest BCUT2D eigenvalue weighted by atomic mass is 35.5. The molecular formula is C21H26ClN3O2. The third kappa shape index (κ3) is 5.07. The van der Waals surface area contributed by atoms with E-state index in [1.807, 2.05) is 42.5 Å². The standard InChI is InChI=1S/C21H26ClN3O2/c1-24(15-16-7-6-8-18(13-16)27-2)21(26)23-17-9-10-20(19(22)14-17)25-11-4-3-5-12-25/h6-10,13-14H,3-5,11-12,15H2,1-2H3,(H,23,26). The molecule has 2 aromatic carbocycles. The quantitative estimate of drug-likeness (QED) is 0.784. The summed E-state index contributed by atoms with van der Waals surface area (Å²) < 4.78 is 5.23. The Labute approximate surface area is 165 Å². The van der Waals surface area contributed by atoms with Crippen molar-refractivity contribution in [2.24, 2.45) is 0 Å². The third-order valence-electron chi connectivity index (χ3n) is 4.80. The molecular weight excluding hydrogens is 362 g/mol. The van der Waals surface area contributed by atoms with Gasteiger partial charge in [0.1, 0.15) is 5.75 Å². The maximum absolute atomic E-state index is 12.5. The number of ether oxygens (including phenoxy) is 1. The first-order valence-electron chi connectivity index (χ1n) is 9.26. The summed E-state index contributed by atoms with van der Waals surface area (Å²) >= 11 is 6.47. The molecule has 0 radical (unpaired) electrons. The van der Waals surface area contributed by atoms with Crippen LogP contribution in [-0.2, 0) is 6.54 Å². The summed E-state index contributed by atoms with van der Waals surface area (Å²) in [5, 5.41) is 3.59. The van der Waals surface area contributed by atoms with E-state index in [2.05, 4.69) is 10.2 Å². The summed E-state index contributed by atoms with van der Waals surface area (Å²) in [4.78, 5) is 16.4. The summed E-state index contributed by atoms with van der Waals surface area (Å²) in [6.45, 7) is 2.56. The summed E-state index contributed by atoms with van der Waals surface area (Å²) in [6.07, 6.45) is 3.68. The van der Waals surface area contributed by atoms with Crippen LogP contribution in [0, 0.1) is 0 Å². The third-order valence-corrected chi connectivity index (χ3v) is 5.10. The number of amides is 2. The Morgan fingerprint density at radius 3 is 2.67 bits per heavy atom. The van der Waals surface area contributed by atoms with Gasteiger partial charge in [-0.3, -0.25) is 0 Å². The Balaban J connectivity index is 1.61. The minimum absolute atomic E-state index is 0.181. The number of carbonyl (C=O) groups excluding carboxylic acids is 1. The molecule has 1 saturated heterocycles. The molecule has 144 valence electrons. The van der Waals surface area contributed by atoms with Gasteiger partial charge in [-0.1, -0.05) is 23.7 Å². The van der Waals surface area contributed by atoms with Gasteiger partial charge in [0.2, 0.25) is 0 Å². The maximum Gasteiger partial charge on any atom is 0.321 e. The Hall–Kier alpha value is -2.40. The second-order valence-corrected chi connectivity index (χ2v) is 7.26. The molecule has 1 N–H and O–H groups in total. The van der Waals surface area contributed by atoms with Crippen LogP contribution < -0.4 is 15.0 Å². The van der Waals surface area contributed by atoms with Crippen LogP contribution >= 0.6 is 11.6 Å². The Morgan fingerprint density at radius 1 is 1.19 bits per heavy atom. The van der Waals surface area contributed by atoms with Crippen molar-refractivity contribution < 1.29 is 9.53 Å². The molecule has 0 spiro atoms. The van der Waals surface area contributed by atoms with Crippen LogP contribution in [0.3, 0.4) is 0 Å². The predicted molar refractivity (Wildman–Crippen MR) is 111 cm³/mol. The van der Waals surface area contributed by atoms with Crippen molar-refractivity contribution in [3.05, 3.63) is 53.1 Å². The minimum atomic E-state index is -0.181. The lowest BCUT2D eigenvalue weighted by Gasteiger charge is -2.29. The Bertz CT molecular complexity index is 791. The zero-order valence-corrected chi connectivity index (χ0v) is 16.6. The SMILES string of the molecule is COc1cccc(CN(C)C(=O)Nc2ccc(N3CCCCC3)c(Cl)c2)c1. The van der Waals surface area contributed by atoms with Crippen LogP contribution in [0.4, 0.5) is 16.2 Å². The van der Waals surface area contributed by atoms with Crippen molar-refractivity contribution in [1.29, 1.82) is 0 Å². The number of halogens is 1. The molecule has 3 rings (SSSR count). The summed E-state index contributed by atoms with van der Waals surface area (Å²) in [6, 6.07) is 13.2. The van der Waals surface area contributed by atoms with Crippen LogP contribution in [0.5, 0.6) is 5.75 Å². The van der Waals surface area contributed by atoms with Gasteiger partial charge in [0.05, 0.1) is 17.8 Å². The summed E-state index contributed by atoms with van der Waals surface area (Å²) in [5.74, 6) is 0.779. The van der Waals surface area contributed by atoms with E-state index in [0.717, 1.165) is 30.1 Å². The van der Waals surface area contributed by atoms with Gasteiger partial charge in [-0.2, -0.15) is 0 Å². The first-order valence-corrected chi connectivity index (χ1v) is 9.64. The number of nitrogens with zero attached hydrogens (tertiary/aromatic N) is 2. The second kappa shape index (κ2) is 9.00. The lowest BCUT2D eigenvalue weighted by molar-refractivity contribution is 0.220. The van der Waals surface area contributed by atoms with Crippen LogP contribution in [0.2, 0.25) is 5.02 Å². The average Bonchev–Trinajstić information content (AvgIpc) is 2.69. The largest absolute Gasteiger partial charge is 0.497 e. The van der Waals surface area contributed by atoms with Crippen molar-refractivity contribution >= 4 is 29.0 Å². The summed E-state index contributed by atoms with van der Waals surface area (Å²) in [5.41, 5.74) is 2.74. The number of methoxy groups -OCH3 is 1. The number of piperidine rings is 1. The van der Waals surface area contributed by atoms with Gasteiger partial charge in [-0.15, -0.1) is 0 Å². The molecule has 0 unspecified atom stereocenters. The van der Waals surface area contributed by atoms with Gasteiger partial charge in [-0.25, -0.2) is 4.79 Å². The number of hydrogen-bond donors (Lipinski definition) is 1. The van der Waals surface area contributed by atoms with Crippen molar-refractivity contribution in [2.75, 3.05) is 37.5 Å². The van der Waals surface area contributed by atoms with Gasteiger partial charge < -0.3 is 19.9 Å². The van der Waals surface area contributed by atoms with E-state index >= 15 is 0 Å². The Morgan fingerprint density at radius 2 is 1.96 bits per heavy atom. The van der Waals surface area contributed by atoms with Gasteiger partial charge in [0.15, 0.2) is 0 Å². The van der Waals surface area contributed by atoms with Crippen LogP contribution in [0.25, 0.3) is 0 Å². The molecule has 0 aliphatic carbocycles. The van der Waals surface area contributed by atoms with E-state index in [1.165, 1.54) is 19.3 Å². The molecule has 2 amide bonds. The fourth-order valence-electron chi connectivity index (χ4n) is 3.31. The number of benzene rings is 2. The number of urea groups is 1. The molecule has 1 fully saturated rings. The first kappa shape index (κ1) is 19.4. The molecule has 0 aromatic heterocycles. The highest BCUT2D eigenvalue weighted by molar-refractivity contribution is 6.33. The van der Waals surface area contributed by atoms with E-state index in [9.17, 15) is 4.79 Å². The van der Waals surface area contributed by atoms with Crippen molar-refractivity contribution in [2.45, 2.75) is 25.8 Å². The number of carbonyl (C=O) groups is 1. The molecule has 5 nitrogen and oxygen atoms in total. The molecule has 6 heteroatoms. The van der Waals surface area contributed by atoms with Gasteiger partial charge in [0.25, 0.3) is 0 Å². The highest BCUT2D eigenvalue weighted by Gasteiger charge is 2.15. The van der Waals surface area contributed by atoms with Gasteiger partial charge in [-0.05, 0) is 55.2 Å². The van der Waals surface area contributed by atoms with Crippen LogP contribution in [0.15, 0.2) is 42.5 Å². The zero-order valence-electron chi connectivity index (χ0n) is 15.9. The van der Waals surface area contributed by atoms with E-state index in [4.69, 9.17) is 16.3 Å². The molecule has 27 heavy (non-hydrogen) atoms. The lowest BCUT2D eigenvalue weighted by Crippen LogP contribution is -2.31. The zero-order chi connectivity index (χ0) is 19.2. The normalized spacial score (nSPS) is 14.0. The number of anilines is 2. The van der Waals surface area contributed by atoms with Gasteiger partial charge in [0, 0.05) is 32.4 Å². The minimum Gasteiger partial charge on any atom is -0.497 e. The molecule has 1 aliphatic heterocycles. The topological polar surface area (TPSA) is 44.8 Å². The van der Waals surface area contributed by atoms with Crippen LogP contribution in [0.1, 0.15) is 24.8 Å². The lowest BCUT2D eigenvalue weighted by atomic mass is 10.1.